The molecule has 1 aromatic rings. The summed E-state index contributed by atoms with van der Waals surface area (Å²) in [7, 11) is 0. The lowest BCUT2D eigenvalue weighted by Crippen LogP contribution is -2.44. The average molecular weight is 328 g/mol. The van der Waals surface area contributed by atoms with Crippen LogP contribution in [-0.4, -0.2) is 43.2 Å². The number of piperidine rings is 1. The van der Waals surface area contributed by atoms with Gasteiger partial charge in [-0.2, -0.15) is 13.2 Å². The molecule has 6 heteroatoms. The van der Waals surface area contributed by atoms with Gasteiger partial charge in [-0.25, -0.2) is 0 Å². The fraction of sp³-hybridized carbons (Fsp3) is 0.588. The minimum Gasteiger partial charge on any atom is -0.352 e. The van der Waals surface area contributed by atoms with E-state index in [1.54, 1.807) is 6.07 Å². The Kier molecular flexibility index (Phi) is 5.68. The Morgan fingerprint density at radius 3 is 2.78 bits per heavy atom. The molecule has 0 aliphatic carbocycles. The van der Waals surface area contributed by atoms with Crippen LogP contribution < -0.4 is 5.32 Å². The van der Waals surface area contributed by atoms with Crippen LogP contribution in [0.15, 0.2) is 18.2 Å². The van der Waals surface area contributed by atoms with E-state index in [-0.39, 0.29) is 11.8 Å². The van der Waals surface area contributed by atoms with Crippen LogP contribution in [0.1, 0.15) is 34.3 Å². The standard InChI is InChI=1S/C17H23F3N2O/c1-12-5-3-7-15(13(12)2)16(23)21-9-14-6-4-8-22(10-14)11-17(18,19)20/h3,5,7,14H,4,6,8-11H2,1-2H3,(H,21,23). The first-order valence-electron chi connectivity index (χ1n) is 7.90. The Balaban J connectivity index is 1.88. The fourth-order valence-corrected chi connectivity index (χ4v) is 3.04. The van der Waals surface area contributed by atoms with Gasteiger partial charge in [-0.05, 0) is 56.3 Å². The summed E-state index contributed by atoms with van der Waals surface area (Å²) in [5.41, 5.74) is 2.62. The largest absolute Gasteiger partial charge is 0.401 e. The summed E-state index contributed by atoms with van der Waals surface area (Å²) < 4.78 is 37.4. The van der Waals surface area contributed by atoms with Crippen molar-refractivity contribution < 1.29 is 18.0 Å². The zero-order valence-electron chi connectivity index (χ0n) is 13.5. The molecule has 1 aromatic carbocycles. The molecule has 1 fully saturated rings. The second kappa shape index (κ2) is 7.34. The fourth-order valence-electron chi connectivity index (χ4n) is 3.04. The van der Waals surface area contributed by atoms with Crippen molar-refractivity contribution in [2.45, 2.75) is 32.9 Å². The minimum atomic E-state index is -4.16. The maximum atomic E-state index is 12.5. The van der Waals surface area contributed by atoms with Crippen molar-refractivity contribution in [3.05, 3.63) is 34.9 Å². The predicted octanol–water partition coefficient (Wildman–Crippen LogP) is 3.31. The van der Waals surface area contributed by atoms with Gasteiger partial charge in [-0.3, -0.25) is 9.69 Å². The molecule has 0 spiro atoms. The molecule has 1 saturated heterocycles. The van der Waals surface area contributed by atoms with Gasteiger partial charge in [0.05, 0.1) is 6.54 Å². The van der Waals surface area contributed by atoms with Gasteiger partial charge < -0.3 is 5.32 Å². The summed E-state index contributed by atoms with van der Waals surface area (Å²) >= 11 is 0. The van der Waals surface area contributed by atoms with Gasteiger partial charge in [0.2, 0.25) is 0 Å². The van der Waals surface area contributed by atoms with Crippen LogP contribution in [0.3, 0.4) is 0 Å². The smallest absolute Gasteiger partial charge is 0.352 e. The average Bonchev–Trinajstić information content (AvgIpc) is 2.46. The van der Waals surface area contributed by atoms with Gasteiger partial charge in [0, 0.05) is 18.7 Å². The minimum absolute atomic E-state index is 0.0696. The molecule has 1 aliphatic rings. The van der Waals surface area contributed by atoms with Crippen molar-refractivity contribution in [1.29, 1.82) is 0 Å². The summed E-state index contributed by atoms with van der Waals surface area (Å²) in [6.45, 7) is 4.25. The van der Waals surface area contributed by atoms with Crippen LogP contribution in [0.2, 0.25) is 0 Å². The molecule has 1 atom stereocenters. The number of aryl methyl sites for hydroxylation is 1. The molecule has 128 valence electrons. The van der Waals surface area contributed by atoms with Crippen LogP contribution in [0, 0.1) is 19.8 Å². The van der Waals surface area contributed by atoms with Crippen molar-refractivity contribution in [3.8, 4) is 0 Å². The molecular weight excluding hydrogens is 305 g/mol. The van der Waals surface area contributed by atoms with E-state index in [2.05, 4.69) is 5.32 Å². The lowest BCUT2D eigenvalue weighted by Gasteiger charge is -2.33. The van der Waals surface area contributed by atoms with Gasteiger partial charge in [0.1, 0.15) is 0 Å². The number of rotatable bonds is 4. The second-order valence-electron chi connectivity index (χ2n) is 6.32. The van der Waals surface area contributed by atoms with E-state index in [9.17, 15) is 18.0 Å². The van der Waals surface area contributed by atoms with Gasteiger partial charge >= 0.3 is 6.18 Å². The van der Waals surface area contributed by atoms with Crippen LogP contribution in [0.4, 0.5) is 13.2 Å². The summed E-state index contributed by atoms with van der Waals surface area (Å²) in [6.07, 6.45) is -2.58. The van der Waals surface area contributed by atoms with E-state index < -0.39 is 12.7 Å². The Morgan fingerprint density at radius 2 is 2.09 bits per heavy atom. The van der Waals surface area contributed by atoms with Crippen molar-refractivity contribution in [2.75, 3.05) is 26.2 Å². The van der Waals surface area contributed by atoms with Crippen molar-refractivity contribution in [3.63, 3.8) is 0 Å². The highest BCUT2D eigenvalue weighted by atomic mass is 19.4. The monoisotopic (exact) mass is 328 g/mol. The molecule has 1 unspecified atom stereocenters. The third-order valence-electron chi connectivity index (χ3n) is 4.41. The summed E-state index contributed by atoms with van der Waals surface area (Å²) in [5.74, 6) is -0.0840. The van der Waals surface area contributed by atoms with Crippen molar-refractivity contribution >= 4 is 5.91 Å². The van der Waals surface area contributed by atoms with Gasteiger partial charge in [-0.15, -0.1) is 0 Å². The zero-order chi connectivity index (χ0) is 17.0. The van der Waals surface area contributed by atoms with E-state index in [0.717, 1.165) is 24.0 Å². The number of hydrogen-bond acceptors (Lipinski definition) is 2. The number of nitrogens with zero attached hydrogens (tertiary/aromatic N) is 1. The maximum absolute atomic E-state index is 12.5. The molecule has 1 amide bonds. The summed E-state index contributed by atoms with van der Waals surface area (Å²) in [5, 5.41) is 2.87. The molecule has 0 saturated carbocycles. The van der Waals surface area contributed by atoms with E-state index in [4.69, 9.17) is 0 Å². The molecular formula is C17H23F3N2O. The van der Waals surface area contributed by atoms with Gasteiger partial charge in [0.25, 0.3) is 5.91 Å². The van der Waals surface area contributed by atoms with Gasteiger partial charge in [0.15, 0.2) is 0 Å². The Hall–Kier alpha value is -1.56. The molecule has 1 heterocycles. The van der Waals surface area contributed by atoms with E-state index in [1.807, 2.05) is 26.0 Å². The Morgan fingerprint density at radius 1 is 1.35 bits per heavy atom. The van der Waals surface area contributed by atoms with Crippen molar-refractivity contribution in [1.82, 2.24) is 10.2 Å². The quantitative estimate of drug-likeness (QED) is 0.920. The number of carbonyl (C=O) groups is 1. The SMILES string of the molecule is Cc1cccc(C(=O)NCC2CCCN(CC(F)(F)F)C2)c1C. The van der Waals surface area contributed by atoms with Gasteiger partial charge in [-0.1, -0.05) is 12.1 Å². The van der Waals surface area contributed by atoms with Crippen LogP contribution in [0.5, 0.6) is 0 Å². The Bertz CT molecular complexity index is 557. The summed E-state index contributed by atoms with van der Waals surface area (Å²) in [6, 6.07) is 5.56. The molecule has 3 nitrogen and oxygen atoms in total. The first kappa shape index (κ1) is 17.8. The van der Waals surface area contributed by atoms with E-state index in [0.29, 0.717) is 25.2 Å². The second-order valence-corrected chi connectivity index (χ2v) is 6.32. The third kappa shape index (κ3) is 5.23. The third-order valence-corrected chi connectivity index (χ3v) is 4.41. The molecule has 2 rings (SSSR count). The molecule has 23 heavy (non-hydrogen) atoms. The number of nitrogens with one attached hydrogen (secondary N) is 1. The number of alkyl halides is 3. The normalized spacial score (nSPS) is 19.6. The van der Waals surface area contributed by atoms with E-state index >= 15 is 0 Å². The predicted molar refractivity (Wildman–Crippen MR) is 83.5 cm³/mol. The number of benzene rings is 1. The topological polar surface area (TPSA) is 32.3 Å². The van der Waals surface area contributed by atoms with Crippen molar-refractivity contribution in [2.24, 2.45) is 5.92 Å². The number of hydrogen-bond donors (Lipinski definition) is 1. The molecule has 0 bridgehead atoms. The first-order valence-corrected chi connectivity index (χ1v) is 7.90. The first-order chi connectivity index (χ1) is 10.8. The number of halogens is 3. The van der Waals surface area contributed by atoms with Crippen LogP contribution >= 0.6 is 0 Å². The summed E-state index contributed by atoms with van der Waals surface area (Å²) in [4.78, 5) is 13.7. The molecule has 1 aliphatic heterocycles. The molecule has 1 N–H and O–H groups in total. The lowest BCUT2D eigenvalue weighted by atomic mass is 9.97. The van der Waals surface area contributed by atoms with E-state index in [1.165, 1.54) is 4.90 Å². The van der Waals surface area contributed by atoms with Crippen LogP contribution in [0.25, 0.3) is 0 Å². The number of carbonyl (C=O) groups excluding carboxylic acids is 1. The molecule has 0 radical (unpaired) electrons. The maximum Gasteiger partial charge on any atom is 0.401 e. The highest BCUT2D eigenvalue weighted by Crippen LogP contribution is 2.22. The zero-order valence-corrected chi connectivity index (χ0v) is 13.5. The highest BCUT2D eigenvalue weighted by molar-refractivity contribution is 5.95. The number of likely N-dealkylation sites (tertiary alicyclic amines) is 1. The van der Waals surface area contributed by atoms with Crippen LogP contribution in [-0.2, 0) is 0 Å². The molecule has 0 aromatic heterocycles. The Labute approximate surface area is 134 Å². The lowest BCUT2D eigenvalue weighted by molar-refractivity contribution is -0.149. The highest BCUT2D eigenvalue weighted by Gasteiger charge is 2.33. The number of amides is 1.